The lowest BCUT2D eigenvalue weighted by atomic mass is 9.84. The lowest BCUT2D eigenvalue weighted by Gasteiger charge is -2.24. The standard InChI is InChI=1S/C20H28O2S/c23-20-11-10-18(19(20)21-13-12-20)22-14-15-6-8-17(9-7-15)16-4-2-1-3-5-16/h6-9,16,18-19,23H,1-5,10-14H2/t18-,19-,20+/m1/s1. The Kier molecular flexibility index (Phi) is 4.71. The van der Waals surface area contributed by atoms with Crippen LogP contribution in [0.25, 0.3) is 0 Å². The molecule has 1 aromatic carbocycles. The van der Waals surface area contributed by atoms with Gasteiger partial charge in [0.1, 0.15) is 0 Å². The van der Waals surface area contributed by atoms with Crippen LogP contribution >= 0.6 is 12.6 Å². The summed E-state index contributed by atoms with van der Waals surface area (Å²) in [5.74, 6) is 0.783. The molecular weight excluding hydrogens is 304 g/mol. The maximum Gasteiger partial charge on any atom is 0.0981 e. The molecule has 4 rings (SSSR count). The van der Waals surface area contributed by atoms with Gasteiger partial charge in [-0.2, -0.15) is 12.6 Å². The Bertz CT molecular complexity index is 523. The van der Waals surface area contributed by atoms with Gasteiger partial charge in [0.2, 0.25) is 0 Å². The van der Waals surface area contributed by atoms with E-state index in [1.54, 1.807) is 0 Å². The van der Waals surface area contributed by atoms with E-state index >= 15 is 0 Å². The van der Waals surface area contributed by atoms with Crippen LogP contribution in [0.15, 0.2) is 24.3 Å². The number of fused-ring (bicyclic) bond motifs is 1. The van der Waals surface area contributed by atoms with E-state index in [2.05, 4.69) is 24.3 Å². The lowest BCUT2D eigenvalue weighted by molar-refractivity contribution is -0.0447. The van der Waals surface area contributed by atoms with Gasteiger partial charge in [0.25, 0.3) is 0 Å². The summed E-state index contributed by atoms with van der Waals surface area (Å²) in [6, 6.07) is 9.14. The Labute approximate surface area is 145 Å². The highest BCUT2D eigenvalue weighted by Gasteiger charge is 2.51. The van der Waals surface area contributed by atoms with Crippen molar-refractivity contribution in [3.63, 3.8) is 0 Å². The molecule has 1 saturated heterocycles. The monoisotopic (exact) mass is 332 g/mol. The number of hydrogen-bond donors (Lipinski definition) is 1. The molecule has 0 bridgehead atoms. The molecule has 0 aromatic heterocycles. The van der Waals surface area contributed by atoms with Crippen LogP contribution in [0.1, 0.15) is 68.4 Å². The van der Waals surface area contributed by atoms with E-state index in [4.69, 9.17) is 22.1 Å². The maximum atomic E-state index is 6.18. The number of ether oxygens (including phenoxy) is 2. The molecular formula is C20H28O2S. The molecule has 1 aliphatic heterocycles. The second-order valence-electron chi connectivity index (χ2n) is 7.61. The fourth-order valence-electron chi connectivity index (χ4n) is 4.62. The molecule has 0 unspecified atom stereocenters. The van der Waals surface area contributed by atoms with Gasteiger partial charge in [0.05, 0.1) is 18.8 Å². The molecule has 0 spiro atoms. The fraction of sp³-hybridized carbons (Fsp3) is 0.700. The third-order valence-electron chi connectivity index (χ3n) is 6.08. The van der Waals surface area contributed by atoms with Gasteiger partial charge >= 0.3 is 0 Å². The van der Waals surface area contributed by atoms with Crippen molar-refractivity contribution in [3.05, 3.63) is 35.4 Å². The Morgan fingerprint density at radius 2 is 1.83 bits per heavy atom. The lowest BCUT2D eigenvalue weighted by Crippen LogP contribution is -2.34. The minimum Gasteiger partial charge on any atom is -0.374 e. The molecule has 2 aliphatic carbocycles. The second-order valence-corrected chi connectivity index (χ2v) is 8.50. The van der Waals surface area contributed by atoms with Crippen LogP contribution in [0.4, 0.5) is 0 Å². The van der Waals surface area contributed by atoms with Crippen molar-refractivity contribution in [3.8, 4) is 0 Å². The van der Waals surface area contributed by atoms with E-state index in [1.165, 1.54) is 43.2 Å². The second kappa shape index (κ2) is 6.78. The predicted molar refractivity (Wildman–Crippen MR) is 96.2 cm³/mol. The van der Waals surface area contributed by atoms with Crippen LogP contribution in [-0.2, 0) is 16.1 Å². The summed E-state index contributed by atoms with van der Waals surface area (Å²) in [6.45, 7) is 1.53. The van der Waals surface area contributed by atoms with E-state index in [1.807, 2.05) is 0 Å². The molecule has 1 aromatic rings. The maximum absolute atomic E-state index is 6.18. The summed E-state index contributed by atoms with van der Waals surface area (Å²) < 4.78 is 12.1. The Morgan fingerprint density at radius 3 is 2.61 bits per heavy atom. The predicted octanol–water partition coefficient (Wildman–Crippen LogP) is 4.87. The summed E-state index contributed by atoms with van der Waals surface area (Å²) >= 11 is 4.84. The normalized spacial score (nSPS) is 34.7. The number of hydrogen-bond acceptors (Lipinski definition) is 3. The largest absolute Gasteiger partial charge is 0.374 e. The van der Waals surface area contributed by atoms with E-state index < -0.39 is 0 Å². The first-order valence-corrected chi connectivity index (χ1v) is 9.74. The molecule has 3 atom stereocenters. The van der Waals surface area contributed by atoms with E-state index in [9.17, 15) is 0 Å². The molecule has 2 saturated carbocycles. The zero-order chi connectivity index (χ0) is 15.7. The molecule has 1 heterocycles. The number of benzene rings is 1. The summed E-state index contributed by atoms with van der Waals surface area (Å²) in [5, 5.41) is 0. The van der Waals surface area contributed by atoms with Gasteiger partial charge in [0, 0.05) is 11.4 Å². The van der Waals surface area contributed by atoms with Gasteiger partial charge < -0.3 is 9.47 Å². The van der Waals surface area contributed by atoms with Crippen molar-refractivity contribution in [1.29, 1.82) is 0 Å². The zero-order valence-electron chi connectivity index (χ0n) is 13.9. The van der Waals surface area contributed by atoms with Crippen LogP contribution in [0, 0.1) is 0 Å². The smallest absolute Gasteiger partial charge is 0.0981 e. The SMILES string of the molecule is S[C@@]12CCO[C@@H]1[C@H](OCc1ccc(C3CCCCC3)cc1)CC2. The van der Waals surface area contributed by atoms with E-state index in [0.29, 0.717) is 6.61 Å². The first-order valence-electron chi connectivity index (χ1n) is 9.29. The van der Waals surface area contributed by atoms with Crippen molar-refractivity contribution in [2.75, 3.05) is 6.61 Å². The van der Waals surface area contributed by atoms with Crippen molar-refractivity contribution in [2.45, 2.75) is 80.8 Å². The van der Waals surface area contributed by atoms with Crippen LogP contribution in [0.5, 0.6) is 0 Å². The third-order valence-corrected chi connectivity index (χ3v) is 6.78. The van der Waals surface area contributed by atoms with Gasteiger partial charge in [-0.05, 0) is 49.1 Å². The van der Waals surface area contributed by atoms with Crippen LogP contribution < -0.4 is 0 Å². The average molecular weight is 333 g/mol. The first kappa shape index (κ1) is 16.0. The number of rotatable bonds is 4. The molecule has 126 valence electrons. The summed E-state index contributed by atoms with van der Waals surface area (Å²) in [5.41, 5.74) is 2.79. The topological polar surface area (TPSA) is 18.5 Å². The number of thiol groups is 1. The molecule has 23 heavy (non-hydrogen) atoms. The molecule has 2 nitrogen and oxygen atoms in total. The third kappa shape index (κ3) is 3.33. The summed E-state index contributed by atoms with van der Waals surface area (Å²) in [4.78, 5) is 0. The Morgan fingerprint density at radius 1 is 1.04 bits per heavy atom. The summed E-state index contributed by atoms with van der Waals surface area (Å²) in [7, 11) is 0. The molecule has 3 aliphatic rings. The molecule has 0 amide bonds. The van der Waals surface area contributed by atoms with Crippen molar-refractivity contribution < 1.29 is 9.47 Å². The van der Waals surface area contributed by atoms with Gasteiger partial charge in [-0.1, -0.05) is 43.5 Å². The van der Waals surface area contributed by atoms with Crippen molar-refractivity contribution in [1.82, 2.24) is 0 Å². The Balaban J connectivity index is 1.33. The highest BCUT2D eigenvalue weighted by atomic mass is 32.1. The fourth-order valence-corrected chi connectivity index (χ4v) is 5.08. The molecule has 3 heteroatoms. The van der Waals surface area contributed by atoms with Gasteiger partial charge in [0.15, 0.2) is 0 Å². The first-order chi connectivity index (χ1) is 11.2. The minimum absolute atomic E-state index is 0.0650. The highest BCUT2D eigenvalue weighted by molar-refractivity contribution is 7.81. The molecule has 3 fully saturated rings. The summed E-state index contributed by atoms with van der Waals surface area (Å²) in [6.07, 6.45) is 10.6. The van der Waals surface area contributed by atoms with Crippen molar-refractivity contribution in [2.24, 2.45) is 0 Å². The highest BCUT2D eigenvalue weighted by Crippen LogP contribution is 2.46. The van der Waals surface area contributed by atoms with E-state index in [-0.39, 0.29) is 17.0 Å². The van der Waals surface area contributed by atoms with E-state index in [0.717, 1.165) is 31.8 Å². The van der Waals surface area contributed by atoms with Crippen molar-refractivity contribution >= 4 is 12.6 Å². The van der Waals surface area contributed by atoms with Gasteiger partial charge in [-0.15, -0.1) is 0 Å². The minimum atomic E-state index is 0.0650. The van der Waals surface area contributed by atoms with Crippen LogP contribution in [-0.4, -0.2) is 23.6 Å². The Hall–Kier alpha value is -0.510. The van der Waals surface area contributed by atoms with Gasteiger partial charge in [-0.3, -0.25) is 0 Å². The molecule has 0 N–H and O–H groups in total. The van der Waals surface area contributed by atoms with Gasteiger partial charge in [-0.25, -0.2) is 0 Å². The average Bonchev–Trinajstić information content (AvgIpc) is 3.11. The van der Waals surface area contributed by atoms with Crippen LogP contribution in [0.2, 0.25) is 0 Å². The van der Waals surface area contributed by atoms with Crippen LogP contribution in [0.3, 0.4) is 0 Å². The zero-order valence-corrected chi connectivity index (χ0v) is 14.8. The molecule has 0 radical (unpaired) electrons. The quantitative estimate of drug-likeness (QED) is 0.793.